The molecule has 5 nitrogen and oxygen atoms in total. The highest BCUT2D eigenvalue weighted by atomic mass is 79.9. The maximum atomic E-state index is 11.7. The predicted octanol–water partition coefficient (Wildman–Crippen LogP) is 1.89. The first-order valence-corrected chi connectivity index (χ1v) is 5.74. The molecule has 7 heteroatoms. The van der Waals surface area contributed by atoms with Crippen molar-refractivity contribution < 1.29 is 4.79 Å². The van der Waals surface area contributed by atoms with Gasteiger partial charge in [-0.25, -0.2) is 4.98 Å². The summed E-state index contributed by atoms with van der Waals surface area (Å²) in [5.41, 5.74) is 0.493. The Morgan fingerprint density at radius 3 is 3.00 bits per heavy atom. The van der Waals surface area contributed by atoms with Crippen molar-refractivity contribution >= 4 is 38.3 Å². The molecular weight excluding hydrogens is 280 g/mol. The van der Waals surface area contributed by atoms with Crippen LogP contribution in [0.5, 0.6) is 0 Å². The molecule has 0 atom stereocenters. The van der Waals surface area contributed by atoms with Crippen LogP contribution in [0.25, 0.3) is 0 Å². The summed E-state index contributed by atoms with van der Waals surface area (Å²) >= 11 is 4.65. The van der Waals surface area contributed by atoms with Gasteiger partial charge in [0, 0.05) is 18.6 Å². The van der Waals surface area contributed by atoms with E-state index < -0.39 is 0 Å². The molecule has 2 rings (SSSR count). The number of rotatable bonds is 2. The lowest BCUT2D eigenvalue weighted by atomic mass is 10.3. The van der Waals surface area contributed by atoms with E-state index in [4.69, 9.17) is 0 Å². The van der Waals surface area contributed by atoms with Gasteiger partial charge in [-0.1, -0.05) is 0 Å². The number of hydrogen-bond donors (Lipinski definition) is 1. The lowest BCUT2D eigenvalue weighted by molar-refractivity contribution is 0.102. The number of carbonyl (C=O) groups is 1. The molecule has 2 heterocycles. The van der Waals surface area contributed by atoms with Crippen LogP contribution in [0.2, 0.25) is 0 Å². The van der Waals surface area contributed by atoms with Gasteiger partial charge < -0.3 is 0 Å². The first kappa shape index (κ1) is 10.3. The maximum Gasteiger partial charge on any atom is 0.261 e. The minimum absolute atomic E-state index is 0.218. The molecule has 0 aliphatic rings. The zero-order valence-electron chi connectivity index (χ0n) is 7.77. The van der Waals surface area contributed by atoms with Crippen LogP contribution in [0.15, 0.2) is 22.4 Å². The number of aryl methyl sites for hydroxylation is 1. The zero-order chi connectivity index (χ0) is 10.8. The topological polar surface area (TPSA) is 59.8 Å². The van der Waals surface area contributed by atoms with E-state index in [1.807, 2.05) is 0 Å². The van der Waals surface area contributed by atoms with Crippen LogP contribution in [0.4, 0.5) is 5.13 Å². The van der Waals surface area contributed by atoms with Crippen molar-refractivity contribution in [1.29, 1.82) is 0 Å². The second-order valence-electron chi connectivity index (χ2n) is 2.76. The smallest absolute Gasteiger partial charge is 0.261 e. The number of amides is 1. The highest BCUT2D eigenvalue weighted by Crippen LogP contribution is 2.17. The molecule has 0 aliphatic heterocycles. The SMILES string of the molecule is Cn1ncc(C(=O)Nc2nccs2)c1Br. The van der Waals surface area contributed by atoms with E-state index in [1.165, 1.54) is 17.5 Å². The van der Waals surface area contributed by atoms with Crippen molar-refractivity contribution in [2.75, 3.05) is 5.32 Å². The van der Waals surface area contributed by atoms with Gasteiger partial charge in [-0.2, -0.15) is 5.10 Å². The van der Waals surface area contributed by atoms with Crippen LogP contribution in [-0.2, 0) is 7.05 Å². The fourth-order valence-electron chi connectivity index (χ4n) is 1.02. The van der Waals surface area contributed by atoms with Crippen LogP contribution in [-0.4, -0.2) is 20.7 Å². The van der Waals surface area contributed by atoms with Crippen LogP contribution >= 0.6 is 27.3 Å². The molecule has 1 amide bonds. The third kappa shape index (κ3) is 2.07. The van der Waals surface area contributed by atoms with Gasteiger partial charge in [0.05, 0.1) is 11.8 Å². The summed E-state index contributed by atoms with van der Waals surface area (Å²) in [7, 11) is 1.75. The van der Waals surface area contributed by atoms with Gasteiger partial charge in [-0.3, -0.25) is 14.8 Å². The molecule has 78 valence electrons. The van der Waals surface area contributed by atoms with E-state index in [-0.39, 0.29) is 5.91 Å². The minimum atomic E-state index is -0.218. The molecule has 0 aromatic carbocycles. The van der Waals surface area contributed by atoms with Crippen molar-refractivity contribution in [1.82, 2.24) is 14.8 Å². The summed E-state index contributed by atoms with van der Waals surface area (Å²) in [6, 6.07) is 0. The Bertz CT molecular complexity index is 479. The second-order valence-corrected chi connectivity index (χ2v) is 4.41. The monoisotopic (exact) mass is 286 g/mol. The number of halogens is 1. The van der Waals surface area contributed by atoms with Crippen LogP contribution < -0.4 is 5.32 Å². The van der Waals surface area contributed by atoms with Gasteiger partial charge in [0.1, 0.15) is 4.60 Å². The van der Waals surface area contributed by atoms with Gasteiger partial charge in [-0.15, -0.1) is 11.3 Å². The van der Waals surface area contributed by atoms with E-state index in [1.54, 1.807) is 23.3 Å². The van der Waals surface area contributed by atoms with Crippen molar-refractivity contribution in [2.45, 2.75) is 0 Å². The number of anilines is 1. The quantitative estimate of drug-likeness (QED) is 0.917. The van der Waals surface area contributed by atoms with Gasteiger partial charge >= 0.3 is 0 Å². The first-order chi connectivity index (χ1) is 7.18. The molecule has 0 fully saturated rings. The standard InChI is InChI=1S/C8H7BrN4OS/c1-13-6(9)5(4-11-13)7(14)12-8-10-2-3-15-8/h2-4H,1H3,(H,10,12,14). The average Bonchev–Trinajstić information content (AvgIpc) is 2.79. The molecule has 1 N–H and O–H groups in total. The molecule has 2 aromatic heterocycles. The Morgan fingerprint density at radius 2 is 2.47 bits per heavy atom. The van der Waals surface area contributed by atoms with Crippen molar-refractivity contribution in [3.63, 3.8) is 0 Å². The van der Waals surface area contributed by atoms with Gasteiger partial charge in [0.2, 0.25) is 0 Å². The first-order valence-electron chi connectivity index (χ1n) is 4.07. The summed E-state index contributed by atoms with van der Waals surface area (Å²) < 4.78 is 2.23. The molecule has 2 aromatic rings. The Kier molecular flexibility index (Phi) is 2.83. The molecule has 15 heavy (non-hydrogen) atoms. The molecule has 0 aliphatic carbocycles. The number of nitrogens with zero attached hydrogens (tertiary/aromatic N) is 3. The number of aromatic nitrogens is 3. The van der Waals surface area contributed by atoms with Crippen LogP contribution in [0, 0.1) is 0 Å². The van der Waals surface area contributed by atoms with Gasteiger partial charge in [0.15, 0.2) is 5.13 Å². The van der Waals surface area contributed by atoms with E-state index in [9.17, 15) is 4.79 Å². The lowest BCUT2D eigenvalue weighted by Crippen LogP contribution is -2.11. The molecular formula is C8H7BrN4OS. The Labute approximate surface area is 98.3 Å². The second kappa shape index (κ2) is 4.11. The Balaban J connectivity index is 2.19. The Morgan fingerprint density at radius 1 is 1.67 bits per heavy atom. The molecule has 0 bridgehead atoms. The maximum absolute atomic E-state index is 11.7. The number of carbonyl (C=O) groups excluding carboxylic acids is 1. The summed E-state index contributed by atoms with van der Waals surface area (Å²) in [4.78, 5) is 15.7. The van der Waals surface area contributed by atoms with Crippen molar-refractivity contribution in [3.8, 4) is 0 Å². The van der Waals surface area contributed by atoms with Crippen molar-refractivity contribution in [3.05, 3.63) is 27.9 Å². The summed E-state index contributed by atoms with van der Waals surface area (Å²) in [6.07, 6.45) is 3.14. The molecule has 0 unspecified atom stereocenters. The van der Waals surface area contributed by atoms with Gasteiger partial charge in [-0.05, 0) is 15.9 Å². The van der Waals surface area contributed by atoms with Crippen LogP contribution in [0.3, 0.4) is 0 Å². The number of nitrogens with one attached hydrogen (secondary N) is 1. The fourth-order valence-corrected chi connectivity index (χ4v) is 1.92. The molecule has 0 saturated heterocycles. The van der Waals surface area contributed by atoms with E-state index in [2.05, 4.69) is 31.3 Å². The molecule has 0 saturated carbocycles. The third-order valence-corrected chi connectivity index (χ3v) is 3.39. The highest BCUT2D eigenvalue weighted by Gasteiger charge is 2.14. The zero-order valence-corrected chi connectivity index (χ0v) is 10.2. The lowest BCUT2D eigenvalue weighted by Gasteiger charge is -1.99. The van der Waals surface area contributed by atoms with Crippen LogP contribution in [0.1, 0.15) is 10.4 Å². The average molecular weight is 287 g/mol. The summed E-state index contributed by atoms with van der Waals surface area (Å²) in [6.45, 7) is 0. The molecule has 0 spiro atoms. The van der Waals surface area contributed by atoms with E-state index >= 15 is 0 Å². The Hall–Kier alpha value is -1.21. The highest BCUT2D eigenvalue weighted by molar-refractivity contribution is 9.10. The summed E-state index contributed by atoms with van der Waals surface area (Å²) in [5, 5.41) is 9.01. The largest absolute Gasteiger partial charge is 0.298 e. The third-order valence-electron chi connectivity index (χ3n) is 1.76. The summed E-state index contributed by atoms with van der Waals surface area (Å²) in [5.74, 6) is -0.218. The molecule has 0 radical (unpaired) electrons. The minimum Gasteiger partial charge on any atom is -0.298 e. The number of thiazole rings is 1. The van der Waals surface area contributed by atoms with E-state index in [0.717, 1.165) is 0 Å². The predicted molar refractivity (Wildman–Crippen MR) is 61.0 cm³/mol. The normalized spacial score (nSPS) is 10.3. The van der Waals surface area contributed by atoms with Crippen molar-refractivity contribution in [2.24, 2.45) is 7.05 Å². The van der Waals surface area contributed by atoms with E-state index in [0.29, 0.717) is 15.3 Å². The number of hydrogen-bond acceptors (Lipinski definition) is 4. The fraction of sp³-hybridized carbons (Fsp3) is 0.125. The van der Waals surface area contributed by atoms with Gasteiger partial charge in [0.25, 0.3) is 5.91 Å².